The maximum absolute atomic E-state index is 5.54. The van der Waals surface area contributed by atoms with Gasteiger partial charge in [-0.3, -0.25) is 4.99 Å². The highest BCUT2D eigenvalue weighted by atomic mass is 16.5. The number of aliphatic imine (C=N–C) groups is 1. The summed E-state index contributed by atoms with van der Waals surface area (Å²) in [7, 11) is 3.37. The molecular weight excluding hydrogens is 280 g/mol. The van der Waals surface area contributed by atoms with Crippen molar-refractivity contribution in [3.63, 3.8) is 0 Å². The first kappa shape index (κ1) is 18.2. The zero-order valence-electron chi connectivity index (χ0n) is 14.1. The average molecular weight is 308 g/mol. The summed E-state index contributed by atoms with van der Waals surface area (Å²) >= 11 is 0. The SMILES string of the molecule is CN=C(NCCCOCC(C)C)NCc1ccnc(OC)c1. The van der Waals surface area contributed by atoms with Gasteiger partial charge in [-0.1, -0.05) is 13.8 Å². The van der Waals surface area contributed by atoms with Crippen molar-refractivity contribution in [2.24, 2.45) is 10.9 Å². The van der Waals surface area contributed by atoms with Crippen LogP contribution in [0.25, 0.3) is 0 Å². The molecule has 1 rings (SSSR count). The summed E-state index contributed by atoms with van der Waals surface area (Å²) in [6.07, 6.45) is 2.69. The van der Waals surface area contributed by atoms with Gasteiger partial charge in [-0.05, 0) is 24.0 Å². The van der Waals surface area contributed by atoms with E-state index in [4.69, 9.17) is 9.47 Å². The first-order chi connectivity index (χ1) is 10.7. The second-order valence-electron chi connectivity index (χ2n) is 5.38. The molecule has 0 spiro atoms. The minimum absolute atomic E-state index is 0.583. The summed E-state index contributed by atoms with van der Waals surface area (Å²) < 4.78 is 10.7. The molecule has 0 saturated carbocycles. The summed E-state index contributed by atoms with van der Waals surface area (Å²) in [4.78, 5) is 8.28. The number of aromatic nitrogens is 1. The topological polar surface area (TPSA) is 67.8 Å². The summed E-state index contributed by atoms with van der Waals surface area (Å²) in [6, 6.07) is 3.85. The number of ether oxygens (including phenoxy) is 2. The van der Waals surface area contributed by atoms with Crippen LogP contribution < -0.4 is 15.4 Å². The standard InChI is InChI=1S/C16H28N4O2/c1-13(2)12-22-9-5-7-19-16(17-3)20-11-14-6-8-18-15(10-14)21-4/h6,8,10,13H,5,7,9,11-12H2,1-4H3,(H2,17,19,20). The van der Waals surface area contributed by atoms with E-state index in [0.29, 0.717) is 18.3 Å². The molecule has 0 fully saturated rings. The minimum Gasteiger partial charge on any atom is -0.481 e. The molecule has 0 aliphatic carbocycles. The molecule has 1 heterocycles. The van der Waals surface area contributed by atoms with Crippen LogP contribution in [0.1, 0.15) is 25.8 Å². The van der Waals surface area contributed by atoms with Crippen molar-refractivity contribution in [3.8, 4) is 5.88 Å². The molecule has 2 N–H and O–H groups in total. The smallest absolute Gasteiger partial charge is 0.213 e. The number of rotatable bonds is 9. The molecule has 1 aromatic rings. The van der Waals surface area contributed by atoms with Crippen LogP contribution in [-0.4, -0.2) is 44.9 Å². The first-order valence-electron chi connectivity index (χ1n) is 7.67. The van der Waals surface area contributed by atoms with E-state index >= 15 is 0 Å². The molecular formula is C16H28N4O2. The van der Waals surface area contributed by atoms with Crippen LogP contribution >= 0.6 is 0 Å². The third-order valence-corrected chi connectivity index (χ3v) is 2.90. The molecule has 0 bridgehead atoms. The fourth-order valence-corrected chi connectivity index (χ4v) is 1.78. The summed E-state index contributed by atoms with van der Waals surface area (Å²) in [5.41, 5.74) is 1.09. The van der Waals surface area contributed by atoms with Crippen molar-refractivity contribution in [1.29, 1.82) is 0 Å². The van der Waals surface area contributed by atoms with Crippen molar-refractivity contribution >= 4 is 5.96 Å². The van der Waals surface area contributed by atoms with Crippen LogP contribution in [0.2, 0.25) is 0 Å². The molecule has 0 radical (unpaired) electrons. The summed E-state index contributed by atoms with van der Waals surface area (Å²) in [6.45, 7) is 7.39. The third kappa shape index (κ3) is 7.83. The van der Waals surface area contributed by atoms with E-state index in [1.54, 1.807) is 20.4 Å². The van der Waals surface area contributed by atoms with Gasteiger partial charge in [0, 0.05) is 45.6 Å². The number of hydrogen-bond acceptors (Lipinski definition) is 4. The van der Waals surface area contributed by atoms with Gasteiger partial charge in [-0.25, -0.2) is 4.98 Å². The second kappa shape index (κ2) is 10.8. The Hall–Kier alpha value is -1.82. The molecule has 0 aliphatic rings. The Morgan fingerprint density at radius 3 is 2.86 bits per heavy atom. The Morgan fingerprint density at radius 1 is 1.36 bits per heavy atom. The van der Waals surface area contributed by atoms with Gasteiger partial charge in [0.2, 0.25) is 5.88 Å². The lowest BCUT2D eigenvalue weighted by Gasteiger charge is -2.12. The van der Waals surface area contributed by atoms with E-state index in [0.717, 1.165) is 37.7 Å². The lowest BCUT2D eigenvalue weighted by atomic mass is 10.2. The van der Waals surface area contributed by atoms with Crippen LogP contribution in [0.4, 0.5) is 0 Å². The number of nitrogens with zero attached hydrogens (tertiary/aromatic N) is 2. The van der Waals surface area contributed by atoms with Crippen molar-refractivity contribution in [1.82, 2.24) is 15.6 Å². The Morgan fingerprint density at radius 2 is 2.18 bits per heavy atom. The minimum atomic E-state index is 0.583. The largest absolute Gasteiger partial charge is 0.481 e. The van der Waals surface area contributed by atoms with Gasteiger partial charge in [0.1, 0.15) is 0 Å². The summed E-state index contributed by atoms with van der Waals surface area (Å²) in [5.74, 6) is 1.98. The normalized spacial score (nSPS) is 11.6. The van der Waals surface area contributed by atoms with Gasteiger partial charge in [-0.15, -0.1) is 0 Å². The second-order valence-corrected chi connectivity index (χ2v) is 5.38. The molecule has 6 nitrogen and oxygen atoms in total. The molecule has 22 heavy (non-hydrogen) atoms. The van der Waals surface area contributed by atoms with Gasteiger partial charge in [0.25, 0.3) is 0 Å². The molecule has 0 aliphatic heterocycles. The van der Waals surface area contributed by atoms with Crippen LogP contribution in [0.15, 0.2) is 23.3 Å². The van der Waals surface area contributed by atoms with Gasteiger partial charge in [0.05, 0.1) is 7.11 Å². The van der Waals surface area contributed by atoms with Crippen molar-refractivity contribution in [2.75, 3.05) is 33.9 Å². The van der Waals surface area contributed by atoms with Crippen LogP contribution in [0, 0.1) is 5.92 Å². The van der Waals surface area contributed by atoms with E-state index in [1.165, 1.54) is 0 Å². The summed E-state index contributed by atoms with van der Waals surface area (Å²) in [5, 5.41) is 6.53. The van der Waals surface area contributed by atoms with Gasteiger partial charge in [-0.2, -0.15) is 0 Å². The number of nitrogens with one attached hydrogen (secondary N) is 2. The maximum Gasteiger partial charge on any atom is 0.213 e. The molecule has 1 aromatic heterocycles. The van der Waals surface area contributed by atoms with Crippen molar-refractivity contribution in [2.45, 2.75) is 26.8 Å². The van der Waals surface area contributed by atoms with Gasteiger partial charge < -0.3 is 20.1 Å². The fourth-order valence-electron chi connectivity index (χ4n) is 1.78. The molecule has 0 unspecified atom stereocenters. The first-order valence-corrected chi connectivity index (χ1v) is 7.67. The molecule has 0 aromatic carbocycles. The Labute approximate surface area is 133 Å². The lowest BCUT2D eigenvalue weighted by molar-refractivity contribution is 0.108. The molecule has 6 heteroatoms. The van der Waals surface area contributed by atoms with E-state index in [2.05, 4.69) is 34.5 Å². The van der Waals surface area contributed by atoms with Crippen LogP contribution in [-0.2, 0) is 11.3 Å². The zero-order valence-corrected chi connectivity index (χ0v) is 14.1. The molecule has 0 atom stereocenters. The number of hydrogen-bond donors (Lipinski definition) is 2. The van der Waals surface area contributed by atoms with E-state index in [1.807, 2.05) is 12.1 Å². The van der Waals surface area contributed by atoms with Crippen molar-refractivity contribution < 1.29 is 9.47 Å². The lowest BCUT2D eigenvalue weighted by Crippen LogP contribution is -2.37. The van der Waals surface area contributed by atoms with Crippen LogP contribution in [0.3, 0.4) is 0 Å². The predicted octanol–water partition coefficient (Wildman–Crippen LogP) is 1.82. The monoisotopic (exact) mass is 308 g/mol. The van der Waals surface area contributed by atoms with Gasteiger partial charge in [0.15, 0.2) is 5.96 Å². The maximum atomic E-state index is 5.54. The van der Waals surface area contributed by atoms with Crippen LogP contribution in [0.5, 0.6) is 5.88 Å². The number of guanidine groups is 1. The van der Waals surface area contributed by atoms with E-state index in [9.17, 15) is 0 Å². The van der Waals surface area contributed by atoms with E-state index < -0.39 is 0 Å². The van der Waals surface area contributed by atoms with E-state index in [-0.39, 0.29) is 0 Å². The zero-order chi connectivity index (χ0) is 16.2. The highest BCUT2D eigenvalue weighted by Gasteiger charge is 2.00. The predicted molar refractivity (Wildman–Crippen MR) is 89.3 cm³/mol. The highest BCUT2D eigenvalue weighted by molar-refractivity contribution is 5.79. The molecule has 124 valence electrons. The third-order valence-electron chi connectivity index (χ3n) is 2.90. The highest BCUT2D eigenvalue weighted by Crippen LogP contribution is 2.07. The van der Waals surface area contributed by atoms with Gasteiger partial charge >= 0.3 is 0 Å². The molecule has 0 saturated heterocycles. The number of pyridine rings is 1. The fraction of sp³-hybridized carbons (Fsp3) is 0.625. The number of methoxy groups -OCH3 is 1. The Balaban J connectivity index is 2.22. The Bertz CT molecular complexity index is 450. The van der Waals surface area contributed by atoms with Crippen molar-refractivity contribution in [3.05, 3.63) is 23.9 Å². The average Bonchev–Trinajstić information content (AvgIpc) is 2.53. The molecule has 0 amide bonds. The quantitative estimate of drug-likeness (QED) is 0.414. The Kier molecular flexibility index (Phi) is 8.98.